The topological polar surface area (TPSA) is 144 Å². The van der Waals surface area contributed by atoms with Crippen LogP contribution in [0.4, 0.5) is 94.9 Å². The maximum absolute atomic E-state index is 13.3. The summed E-state index contributed by atoms with van der Waals surface area (Å²) < 4.78 is 92.3. The summed E-state index contributed by atoms with van der Waals surface area (Å²) >= 11 is 0. The number of anilines is 8. The molecule has 4 aromatic heterocycles. The van der Waals surface area contributed by atoms with Crippen molar-refractivity contribution < 1.29 is 77.3 Å². The van der Waals surface area contributed by atoms with Crippen molar-refractivity contribution in [3.8, 4) is 0 Å². The number of hydrogen-bond donors (Lipinski definition) is 0. The summed E-state index contributed by atoms with van der Waals surface area (Å²) in [6.45, 7) is 3.35. The molecule has 6 heterocycles. The van der Waals surface area contributed by atoms with E-state index < -0.39 is 24.0 Å². The molecule has 96 heavy (non-hydrogen) atoms. The zero-order valence-corrected chi connectivity index (χ0v) is 54.3. The number of para-hydroxylation sites is 8. The second-order valence-electron chi connectivity index (χ2n) is 20.6. The van der Waals surface area contributed by atoms with Crippen molar-refractivity contribution in [2.45, 2.75) is 12.4 Å². The molecule has 0 unspecified atom stereocenters. The van der Waals surface area contributed by atoms with Crippen LogP contribution in [0.5, 0.6) is 0 Å². The van der Waals surface area contributed by atoms with Crippen molar-refractivity contribution >= 4 is 125 Å². The molecule has 0 aliphatic carbocycles. The number of aliphatic imine (C=N–C) groups is 2. The van der Waals surface area contributed by atoms with Crippen molar-refractivity contribution in [2.24, 2.45) is 9.98 Å². The van der Waals surface area contributed by atoms with E-state index in [0.717, 1.165) is 44.3 Å². The summed E-state index contributed by atoms with van der Waals surface area (Å²) in [7, 11) is 0. The Kier molecular flexibility index (Phi) is 20.8. The van der Waals surface area contributed by atoms with Gasteiger partial charge in [0.1, 0.15) is 22.8 Å². The quantitative estimate of drug-likeness (QED) is 0.0562. The molecule has 0 saturated carbocycles. The van der Waals surface area contributed by atoms with Crippen LogP contribution < -0.4 is 19.6 Å². The van der Waals surface area contributed by atoms with Crippen molar-refractivity contribution in [3.63, 3.8) is 0 Å². The van der Waals surface area contributed by atoms with Gasteiger partial charge in [0.05, 0.1) is 23.8 Å². The van der Waals surface area contributed by atoms with E-state index in [1.54, 1.807) is 82.0 Å². The average molecular weight is 1640 g/mol. The minimum atomic E-state index is -4.66. The molecule has 0 N–H and O–H groups in total. The molecule has 2 aliphatic heterocycles. The number of halogens is 6. The fourth-order valence-corrected chi connectivity index (χ4v) is 10.2. The van der Waals surface area contributed by atoms with Gasteiger partial charge in [0.15, 0.2) is 0 Å². The number of benzene rings is 10. The zero-order chi connectivity index (χ0) is 64.4. The fraction of sp³-hybridized carbons (Fsp3) is 0.0270. The third-order valence-electron chi connectivity index (χ3n) is 14.5. The van der Waals surface area contributed by atoms with Gasteiger partial charge in [0, 0.05) is 75.4 Å². The summed E-state index contributed by atoms with van der Waals surface area (Å²) in [6.07, 6.45) is -3.81. The first-order valence-electron chi connectivity index (χ1n) is 29.1. The predicted octanol–water partition coefficient (Wildman–Crippen LogP) is 21.3. The van der Waals surface area contributed by atoms with Crippen LogP contribution in [0.2, 0.25) is 0 Å². The van der Waals surface area contributed by atoms with Crippen LogP contribution in [0, 0.1) is 25.5 Å². The first-order valence-corrected chi connectivity index (χ1v) is 29.1. The standard InChI is InChI=1S/2C24H13F3N4O.2C13H11N2.2Pt/c2*25-24(26,27)23-28-13-19-22(29-23)30(15-7-2-1-3-8-15)14-31(19)18-11-6-10-17-16-9-4-5-12-20(16)32-21(17)18;2*1-3-7-12(8-4-1)14-11-15-13-9-5-2-6-10-13;;/h2*1-10,12-14H;2*1-11H;;/q2*-2;2*-1;;. The molecular weight excluding hydrogens is 1590 g/mol. The Morgan fingerprint density at radius 3 is 1.09 bits per heavy atom. The molecule has 14 aromatic rings. The number of hydrogen-bond acceptors (Lipinski definition) is 12. The Morgan fingerprint density at radius 1 is 0.396 bits per heavy atom. The Morgan fingerprint density at radius 2 is 0.729 bits per heavy atom. The number of nitrogens with zero attached hydrogens (tertiary/aromatic N) is 12. The van der Waals surface area contributed by atoms with Crippen LogP contribution in [0.25, 0.3) is 54.5 Å². The summed E-state index contributed by atoms with van der Waals surface area (Å²) in [5.41, 5.74) is 9.47. The van der Waals surface area contributed by atoms with E-state index in [9.17, 15) is 26.3 Å². The van der Waals surface area contributed by atoms with Gasteiger partial charge in [-0.15, -0.1) is 13.3 Å². The average Bonchev–Trinajstić information content (AvgIpc) is 1.60. The molecule has 22 heteroatoms. The molecule has 0 spiro atoms. The fourth-order valence-electron chi connectivity index (χ4n) is 10.2. The van der Waals surface area contributed by atoms with Crippen LogP contribution in [-0.2, 0) is 54.5 Å². The number of furan rings is 2. The molecule has 0 atom stereocenters. The van der Waals surface area contributed by atoms with E-state index in [0.29, 0.717) is 56.5 Å². The Labute approximate surface area is 575 Å². The Bertz CT molecular complexity index is 4630. The Hall–Kier alpha value is -10.9. The SMILES string of the molecule is C(=Nc1ccccc1)[N-]c1ccccc1.C(=Nc1ccccc1)[N-]c1ccccc1.FC(F)(F)c1ncc2c(n1)N(c1ccccc1)[CH-]N2c1[c-]ccc2c1oc1ccccc12.FC(F)(F)c1ncc2c(n1)N(c1ccccc1)[CH-]N2c1[c-]ccc2c1oc1ccccc12.[Pt].[Pt]. The van der Waals surface area contributed by atoms with Gasteiger partial charge in [-0.3, -0.25) is 0 Å². The van der Waals surface area contributed by atoms with Crippen molar-refractivity contribution in [2.75, 3.05) is 19.6 Å². The minimum absolute atomic E-state index is 0. The second-order valence-corrected chi connectivity index (χ2v) is 20.6. The first kappa shape index (κ1) is 66.5. The van der Waals surface area contributed by atoms with E-state index in [2.05, 4.69) is 52.7 Å². The summed E-state index contributed by atoms with van der Waals surface area (Å²) in [6, 6.07) is 86.1. The molecule has 0 bridgehead atoms. The maximum atomic E-state index is 13.3. The van der Waals surface area contributed by atoms with Crippen LogP contribution in [0.3, 0.4) is 0 Å². The molecule has 2 aliphatic rings. The van der Waals surface area contributed by atoms with Crippen LogP contribution >= 0.6 is 0 Å². The number of rotatable bonds is 10. The van der Waals surface area contributed by atoms with Crippen LogP contribution in [0.1, 0.15) is 11.6 Å². The van der Waals surface area contributed by atoms with Crippen molar-refractivity contribution in [3.05, 3.63) is 315 Å². The largest absolute Gasteiger partial charge is 0.514 e. The van der Waals surface area contributed by atoms with Gasteiger partial charge in [-0.1, -0.05) is 229 Å². The van der Waals surface area contributed by atoms with Gasteiger partial charge in [-0.25, -0.2) is 19.9 Å². The molecule has 0 radical (unpaired) electrons. The van der Waals surface area contributed by atoms with Crippen molar-refractivity contribution in [1.82, 2.24) is 19.9 Å². The normalized spacial score (nSPS) is 12.5. The third kappa shape index (κ3) is 15.0. The molecule has 14 nitrogen and oxygen atoms in total. The van der Waals surface area contributed by atoms with E-state index in [4.69, 9.17) is 8.83 Å². The van der Waals surface area contributed by atoms with E-state index >= 15 is 0 Å². The van der Waals surface area contributed by atoms with Gasteiger partial charge >= 0.3 is 12.4 Å². The molecule has 10 aromatic carbocycles. The second kappa shape index (κ2) is 30.0. The van der Waals surface area contributed by atoms with Gasteiger partial charge in [-0.05, 0) is 59.1 Å². The van der Waals surface area contributed by atoms with E-state index in [-0.39, 0.29) is 53.8 Å². The van der Waals surface area contributed by atoms with Crippen molar-refractivity contribution in [1.29, 1.82) is 0 Å². The summed E-state index contributed by atoms with van der Waals surface area (Å²) in [5.74, 6) is -2.14. The van der Waals surface area contributed by atoms with Gasteiger partial charge in [-0.2, -0.15) is 62.7 Å². The van der Waals surface area contributed by atoms with E-state index in [1.807, 2.05) is 218 Å². The molecular formula is C74H48F6N12O2Pt2-6. The third-order valence-corrected chi connectivity index (χ3v) is 14.5. The van der Waals surface area contributed by atoms with Gasteiger partial charge in [0.25, 0.3) is 0 Å². The Balaban J connectivity index is 0.000000137. The molecule has 484 valence electrons. The van der Waals surface area contributed by atoms with E-state index in [1.165, 1.54) is 12.4 Å². The van der Waals surface area contributed by atoms with Gasteiger partial charge in [0.2, 0.25) is 11.6 Å². The van der Waals surface area contributed by atoms with Crippen LogP contribution in [0.15, 0.2) is 286 Å². The zero-order valence-electron chi connectivity index (χ0n) is 49.8. The smallest absolute Gasteiger partial charge is 0.451 e. The number of aromatic nitrogens is 4. The number of fused-ring (bicyclic) bond motifs is 8. The first-order chi connectivity index (χ1) is 45.9. The molecule has 16 rings (SSSR count). The predicted molar refractivity (Wildman–Crippen MR) is 357 cm³/mol. The minimum Gasteiger partial charge on any atom is -0.514 e. The molecule has 0 amide bonds. The maximum Gasteiger partial charge on any atom is 0.451 e. The monoisotopic (exact) mass is 1640 g/mol. The van der Waals surface area contributed by atoms with Crippen LogP contribution in [-0.4, -0.2) is 32.6 Å². The molecule has 0 fully saturated rings. The number of alkyl halides is 6. The molecule has 0 saturated heterocycles. The van der Waals surface area contributed by atoms with Gasteiger partial charge < -0.3 is 49.1 Å². The summed E-state index contributed by atoms with van der Waals surface area (Å²) in [4.78, 5) is 29.9. The summed E-state index contributed by atoms with van der Waals surface area (Å²) in [5, 5.41) is 12.1.